The molecule has 3 heterocycles. The van der Waals surface area contributed by atoms with Crippen molar-refractivity contribution < 1.29 is 14.6 Å². The highest BCUT2D eigenvalue weighted by molar-refractivity contribution is 5.65. The fraction of sp³-hybridized carbons (Fsp3) is 0.647. The Labute approximate surface area is 135 Å². The second-order valence-corrected chi connectivity index (χ2v) is 7.59. The Balaban J connectivity index is 2.11. The lowest BCUT2D eigenvalue weighted by atomic mass is 9.77. The van der Waals surface area contributed by atoms with Gasteiger partial charge in [-0.15, -0.1) is 0 Å². The summed E-state index contributed by atoms with van der Waals surface area (Å²) in [5.41, 5.74) is 2.40. The molecule has 0 unspecified atom stereocenters. The zero-order valence-electron chi connectivity index (χ0n) is 14.2. The second kappa shape index (κ2) is 5.09. The molecule has 6 heteroatoms. The van der Waals surface area contributed by atoms with Crippen LogP contribution in [0.15, 0.2) is 10.9 Å². The molecule has 0 radical (unpaired) electrons. The molecule has 0 aliphatic carbocycles. The largest absolute Gasteiger partial charge is 0.465 e. The van der Waals surface area contributed by atoms with Gasteiger partial charge in [-0.2, -0.15) is 0 Å². The van der Waals surface area contributed by atoms with Crippen LogP contribution in [0.1, 0.15) is 50.4 Å². The summed E-state index contributed by atoms with van der Waals surface area (Å²) in [5, 5.41) is 9.17. The second-order valence-electron chi connectivity index (χ2n) is 7.59. The third kappa shape index (κ3) is 2.45. The number of carbonyl (C=O) groups is 1. The molecule has 2 aliphatic heterocycles. The summed E-state index contributed by atoms with van der Waals surface area (Å²) in [4.78, 5) is 24.9. The van der Waals surface area contributed by atoms with Gasteiger partial charge in [-0.3, -0.25) is 4.79 Å². The van der Waals surface area contributed by atoms with Gasteiger partial charge in [0, 0.05) is 42.9 Å². The third-order valence-electron chi connectivity index (χ3n) is 5.03. The van der Waals surface area contributed by atoms with Crippen LogP contribution in [0.2, 0.25) is 0 Å². The zero-order chi connectivity index (χ0) is 17.0. The number of aromatic nitrogens is 1. The van der Waals surface area contributed by atoms with Gasteiger partial charge in [0.05, 0.1) is 12.2 Å². The van der Waals surface area contributed by atoms with E-state index in [1.807, 2.05) is 7.05 Å². The van der Waals surface area contributed by atoms with Crippen molar-refractivity contribution in [1.82, 2.24) is 9.47 Å². The van der Waals surface area contributed by atoms with Gasteiger partial charge in [0.2, 0.25) is 0 Å². The lowest BCUT2D eigenvalue weighted by Gasteiger charge is -2.40. The zero-order valence-corrected chi connectivity index (χ0v) is 14.2. The number of carboxylic acid groups (broad SMARTS) is 1. The standard InChI is InChI=1S/C17H24N2O4/c1-16(2,3)14-13-11(9-12(20)18(14)4)10-23-17(13)5-7-19(8-6-17)15(21)22/h9H,5-8,10H2,1-4H3,(H,21,22). The predicted molar refractivity (Wildman–Crippen MR) is 85.7 cm³/mol. The molecule has 2 aliphatic rings. The van der Waals surface area contributed by atoms with Gasteiger partial charge in [-0.1, -0.05) is 20.8 Å². The van der Waals surface area contributed by atoms with E-state index in [1.54, 1.807) is 10.6 Å². The van der Waals surface area contributed by atoms with E-state index in [2.05, 4.69) is 20.8 Å². The normalized spacial score (nSPS) is 19.9. The molecule has 23 heavy (non-hydrogen) atoms. The number of fused-ring (bicyclic) bond motifs is 2. The van der Waals surface area contributed by atoms with Crippen LogP contribution < -0.4 is 5.56 Å². The molecule has 0 bridgehead atoms. The number of pyridine rings is 1. The van der Waals surface area contributed by atoms with Crippen LogP contribution in [0, 0.1) is 0 Å². The highest BCUT2D eigenvalue weighted by Gasteiger charge is 2.47. The first kappa shape index (κ1) is 16.1. The fourth-order valence-electron chi connectivity index (χ4n) is 3.99. The molecule has 1 fully saturated rings. The molecule has 6 nitrogen and oxygen atoms in total. The topological polar surface area (TPSA) is 71.8 Å². The van der Waals surface area contributed by atoms with E-state index in [1.165, 1.54) is 4.90 Å². The molecule has 1 aromatic heterocycles. The smallest absolute Gasteiger partial charge is 0.407 e. The Hall–Kier alpha value is -1.82. The number of rotatable bonds is 0. The highest BCUT2D eigenvalue weighted by Crippen LogP contribution is 2.47. The van der Waals surface area contributed by atoms with Crippen LogP contribution in [0.4, 0.5) is 4.79 Å². The Morgan fingerprint density at radius 2 is 1.91 bits per heavy atom. The van der Waals surface area contributed by atoms with E-state index in [0.717, 1.165) is 16.8 Å². The number of nitrogens with zero attached hydrogens (tertiary/aromatic N) is 2. The SMILES string of the molecule is Cn1c(C(C)(C)C)c2c(cc1=O)COC21CCN(C(=O)O)CC1. The molecule has 1 spiro atoms. The van der Waals surface area contributed by atoms with Crippen molar-refractivity contribution in [2.45, 2.75) is 51.2 Å². The van der Waals surface area contributed by atoms with Crippen molar-refractivity contribution in [3.63, 3.8) is 0 Å². The number of likely N-dealkylation sites (tertiary alicyclic amines) is 1. The van der Waals surface area contributed by atoms with Crippen molar-refractivity contribution in [3.05, 3.63) is 33.2 Å². The maximum Gasteiger partial charge on any atom is 0.407 e. The van der Waals surface area contributed by atoms with Crippen LogP contribution in [-0.2, 0) is 29.4 Å². The number of hydrogen-bond donors (Lipinski definition) is 1. The number of piperidine rings is 1. The predicted octanol–water partition coefficient (Wildman–Crippen LogP) is 2.18. The summed E-state index contributed by atoms with van der Waals surface area (Å²) >= 11 is 0. The average Bonchev–Trinajstić information content (AvgIpc) is 2.77. The van der Waals surface area contributed by atoms with E-state index in [4.69, 9.17) is 9.84 Å². The first-order chi connectivity index (χ1) is 10.7. The van der Waals surface area contributed by atoms with Gasteiger partial charge in [0.1, 0.15) is 0 Å². The van der Waals surface area contributed by atoms with E-state index in [-0.39, 0.29) is 11.0 Å². The van der Waals surface area contributed by atoms with Crippen molar-refractivity contribution in [1.29, 1.82) is 0 Å². The Kier molecular flexibility index (Phi) is 3.55. The van der Waals surface area contributed by atoms with Crippen LogP contribution in [-0.4, -0.2) is 33.8 Å². The van der Waals surface area contributed by atoms with Crippen molar-refractivity contribution in [2.24, 2.45) is 7.05 Å². The molecule has 0 aromatic carbocycles. The summed E-state index contributed by atoms with van der Waals surface area (Å²) in [7, 11) is 1.81. The number of hydrogen-bond acceptors (Lipinski definition) is 3. The molecule has 1 amide bonds. The summed E-state index contributed by atoms with van der Waals surface area (Å²) in [6.07, 6.45) is 0.385. The number of amides is 1. The van der Waals surface area contributed by atoms with E-state index >= 15 is 0 Å². The van der Waals surface area contributed by atoms with Crippen molar-refractivity contribution in [3.8, 4) is 0 Å². The van der Waals surface area contributed by atoms with Gasteiger partial charge >= 0.3 is 6.09 Å². The molecule has 1 aromatic rings. The molecular formula is C17H24N2O4. The Morgan fingerprint density at radius 1 is 1.30 bits per heavy atom. The lowest BCUT2D eigenvalue weighted by molar-refractivity contribution is -0.0759. The minimum absolute atomic E-state index is 0.0164. The molecular weight excluding hydrogens is 296 g/mol. The maximum atomic E-state index is 12.3. The minimum atomic E-state index is -0.880. The quantitative estimate of drug-likeness (QED) is 0.795. The van der Waals surface area contributed by atoms with Gasteiger partial charge in [0.25, 0.3) is 5.56 Å². The molecule has 1 N–H and O–H groups in total. The monoisotopic (exact) mass is 320 g/mol. The van der Waals surface area contributed by atoms with Gasteiger partial charge in [-0.25, -0.2) is 4.79 Å². The van der Waals surface area contributed by atoms with Crippen molar-refractivity contribution in [2.75, 3.05) is 13.1 Å². The molecule has 0 saturated carbocycles. The molecule has 126 valence electrons. The summed E-state index contributed by atoms with van der Waals surface area (Å²) in [6.45, 7) is 7.64. The van der Waals surface area contributed by atoms with E-state index < -0.39 is 11.7 Å². The fourth-order valence-corrected chi connectivity index (χ4v) is 3.99. The number of ether oxygens (including phenoxy) is 1. The van der Waals surface area contributed by atoms with E-state index in [0.29, 0.717) is 32.5 Å². The lowest BCUT2D eigenvalue weighted by Crippen LogP contribution is -2.46. The van der Waals surface area contributed by atoms with Crippen LogP contribution in [0.5, 0.6) is 0 Å². The molecule has 0 atom stereocenters. The Bertz CT molecular complexity index is 707. The van der Waals surface area contributed by atoms with Gasteiger partial charge in [-0.05, 0) is 18.4 Å². The minimum Gasteiger partial charge on any atom is -0.465 e. The molecule has 1 saturated heterocycles. The van der Waals surface area contributed by atoms with Gasteiger partial charge < -0.3 is 19.3 Å². The van der Waals surface area contributed by atoms with Gasteiger partial charge in [0.15, 0.2) is 0 Å². The maximum absolute atomic E-state index is 12.3. The third-order valence-corrected chi connectivity index (χ3v) is 5.03. The van der Waals surface area contributed by atoms with Crippen LogP contribution >= 0.6 is 0 Å². The summed E-state index contributed by atoms with van der Waals surface area (Å²) < 4.78 is 7.88. The Morgan fingerprint density at radius 3 is 2.43 bits per heavy atom. The molecule has 3 rings (SSSR count). The summed E-state index contributed by atoms with van der Waals surface area (Å²) in [6, 6.07) is 1.67. The van der Waals surface area contributed by atoms with Crippen molar-refractivity contribution >= 4 is 6.09 Å². The first-order valence-corrected chi connectivity index (χ1v) is 8.01. The van der Waals surface area contributed by atoms with Crippen LogP contribution in [0.3, 0.4) is 0 Å². The van der Waals surface area contributed by atoms with E-state index in [9.17, 15) is 9.59 Å². The summed E-state index contributed by atoms with van der Waals surface area (Å²) in [5.74, 6) is 0. The average molecular weight is 320 g/mol. The highest BCUT2D eigenvalue weighted by atomic mass is 16.5. The van der Waals surface area contributed by atoms with Crippen LogP contribution in [0.25, 0.3) is 0 Å². The first-order valence-electron chi connectivity index (χ1n) is 8.01.